The molecule has 76 valence electrons. The first-order chi connectivity index (χ1) is 6.65. The van der Waals surface area contributed by atoms with Crippen LogP contribution in [0, 0.1) is 0 Å². The molecule has 0 aliphatic heterocycles. The fraction of sp³-hybridized carbons (Fsp3) is 0.300. The molecular weight excluding hydrogens is 223 g/mol. The van der Waals surface area contributed by atoms with Crippen LogP contribution in [0.5, 0.6) is 0 Å². The van der Waals surface area contributed by atoms with Crippen LogP contribution in [0.1, 0.15) is 23.2 Å². The first-order valence-corrected chi connectivity index (χ1v) is 5.00. The van der Waals surface area contributed by atoms with Crippen molar-refractivity contribution in [3.63, 3.8) is 0 Å². The molecule has 0 aliphatic carbocycles. The minimum Gasteiger partial charge on any atom is -0.396 e. The number of halogens is 2. The van der Waals surface area contributed by atoms with Gasteiger partial charge in [-0.25, -0.2) is 0 Å². The number of carbonyl (C=O) groups is 1. The van der Waals surface area contributed by atoms with Gasteiger partial charge in [-0.3, -0.25) is 4.79 Å². The molecule has 0 heterocycles. The molecule has 1 aromatic carbocycles. The van der Waals surface area contributed by atoms with Crippen molar-refractivity contribution in [3.05, 3.63) is 33.8 Å². The van der Waals surface area contributed by atoms with E-state index in [1.807, 2.05) is 0 Å². The van der Waals surface area contributed by atoms with Crippen molar-refractivity contribution in [2.75, 3.05) is 6.61 Å². The molecule has 1 rings (SSSR count). The smallest absolute Gasteiger partial charge is 0.164 e. The lowest BCUT2D eigenvalue weighted by atomic mass is 10.1. The molecule has 0 radical (unpaired) electrons. The van der Waals surface area contributed by atoms with Crippen LogP contribution < -0.4 is 0 Å². The van der Waals surface area contributed by atoms with E-state index in [4.69, 9.17) is 28.3 Å². The summed E-state index contributed by atoms with van der Waals surface area (Å²) in [5.41, 5.74) is 0.424. The van der Waals surface area contributed by atoms with Gasteiger partial charge in [0, 0.05) is 23.6 Å². The Kier molecular flexibility index (Phi) is 4.39. The number of hydrogen-bond donors (Lipinski definition) is 1. The average Bonchev–Trinajstić information content (AvgIpc) is 2.18. The summed E-state index contributed by atoms with van der Waals surface area (Å²) in [6.07, 6.45) is 0.734. The minimum atomic E-state index is -0.0912. The number of benzene rings is 1. The quantitative estimate of drug-likeness (QED) is 0.811. The van der Waals surface area contributed by atoms with Crippen LogP contribution in [0.25, 0.3) is 0 Å². The maximum absolute atomic E-state index is 11.5. The zero-order chi connectivity index (χ0) is 10.6. The number of Topliss-reactive ketones (excluding diaryl/α,β-unsaturated/α-hetero) is 1. The summed E-state index contributed by atoms with van der Waals surface area (Å²) in [7, 11) is 0. The van der Waals surface area contributed by atoms with E-state index in [1.165, 1.54) is 0 Å². The molecule has 0 atom stereocenters. The molecule has 1 aromatic rings. The number of ketones is 1. The fourth-order valence-corrected chi connectivity index (χ4v) is 1.48. The molecule has 14 heavy (non-hydrogen) atoms. The van der Waals surface area contributed by atoms with E-state index in [9.17, 15) is 4.79 Å². The van der Waals surface area contributed by atoms with Crippen molar-refractivity contribution in [3.8, 4) is 0 Å². The predicted molar refractivity (Wildman–Crippen MR) is 57.1 cm³/mol. The van der Waals surface area contributed by atoms with Gasteiger partial charge in [-0.1, -0.05) is 23.2 Å². The first-order valence-electron chi connectivity index (χ1n) is 4.24. The highest BCUT2D eigenvalue weighted by molar-refractivity contribution is 6.35. The predicted octanol–water partition coefficient (Wildman–Crippen LogP) is 2.95. The average molecular weight is 233 g/mol. The Morgan fingerprint density at radius 3 is 2.71 bits per heavy atom. The maximum atomic E-state index is 11.5. The Hall–Kier alpha value is -0.570. The summed E-state index contributed by atoms with van der Waals surface area (Å²) in [5, 5.41) is 9.46. The SMILES string of the molecule is O=C(CCCO)c1cc(Cl)ccc1Cl. The molecule has 0 unspecified atom stereocenters. The number of rotatable bonds is 4. The molecular formula is C10H10Cl2O2. The van der Waals surface area contributed by atoms with E-state index in [0.29, 0.717) is 22.0 Å². The summed E-state index contributed by atoms with van der Waals surface area (Å²) in [6.45, 7) is 0.00389. The largest absolute Gasteiger partial charge is 0.396 e. The monoisotopic (exact) mass is 232 g/mol. The zero-order valence-electron chi connectivity index (χ0n) is 7.46. The minimum absolute atomic E-state index is 0.00389. The van der Waals surface area contributed by atoms with Gasteiger partial charge in [0.25, 0.3) is 0 Å². The molecule has 0 spiro atoms. The van der Waals surface area contributed by atoms with Crippen molar-refractivity contribution in [1.29, 1.82) is 0 Å². The van der Waals surface area contributed by atoms with Crippen LogP contribution in [-0.2, 0) is 0 Å². The first kappa shape index (κ1) is 11.5. The normalized spacial score (nSPS) is 10.2. The second-order valence-corrected chi connectivity index (χ2v) is 3.72. The number of carbonyl (C=O) groups excluding carboxylic acids is 1. The Labute approximate surface area is 92.5 Å². The molecule has 0 saturated carbocycles. The highest BCUT2D eigenvalue weighted by atomic mass is 35.5. The lowest BCUT2D eigenvalue weighted by Gasteiger charge is -2.02. The van der Waals surface area contributed by atoms with Gasteiger partial charge in [-0.15, -0.1) is 0 Å². The highest BCUT2D eigenvalue weighted by Gasteiger charge is 2.10. The van der Waals surface area contributed by atoms with Crippen LogP contribution in [0.15, 0.2) is 18.2 Å². The van der Waals surface area contributed by atoms with E-state index in [2.05, 4.69) is 0 Å². The van der Waals surface area contributed by atoms with E-state index >= 15 is 0 Å². The molecule has 0 amide bonds. The van der Waals surface area contributed by atoms with Crippen molar-refractivity contribution in [2.45, 2.75) is 12.8 Å². The third kappa shape index (κ3) is 2.98. The summed E-state index contributed by atoms with van der Waals surface area (Å²) in [6, 6.07) is 4.77. The fourth-order valence-electron chi connectivity index (χ4n) is 1.09. The van der Waals surface area contributed by atoms with E-state index in [-0.39, 0.29) is 18.8 Å². The molecule has 0 aromatic heterocycles. The summed E-state index contributed by atoms with van der Waals surface area (Å²) in [5.74, 6) is -0.0912. The van der Waals surface area contributed by atoms with E-state index in [0.717, 1.165) is 0 Å². The topological polar surface area (TPSA) is 37.3 Å². The van der Waals surface area contributed by atoms with Gasteiger partial charge in [0.1, 0.15) is 0 Å². The molecule has 1 N–H and O–H groups in total. The number of hydrogen-bond acceptors (Lipinski definition) is 2. The van der Waals surface area contributed by atoms with Gasteiger partial charge in [-0.2, -0.15) is 0 Å². The van der Waals surface area contributed by atoms with Crippen molar-refractivity contribution >= 4 is 29.0 Å². The Morgan fingerprint density at radius 1 is 1.36 bits per heavy atom. The Balaban J connectivity index is 2.83. The Morgan fingerprint density at radius 2 is 2.07 bits per heavy atom. The number of aliphatic hydroxyl groups excluding tert-OH is 1. The molecule has 4 heteroatoms. The summed E-state index contributed by atoms with van der Waals surface area (Å²) < 4.78 is 0. The Bertz CT molecular complexity index is 337. The summed E-state index contributed by atoms with van der Waals surface area (Å²) in [4.78, 5) is 11.5. The van der Waals surface area contributed by atoms with Gasteiger partial charge in [0.05, 0.1) is 5.02 Å². The maximum Gasteiger partial charge on any atom is 0.164 e. The van der Waals surface area contributed by atoms with Crippen LogP contribution in [0.4, 0.5) is 0 Å². The highest BCUT2D eigenvalue weighted by Crippen LogP contribution is 2.22. The standard InChI is InChI=1S/C10H10Cl2O2/c11-7-3-4-9(12)8(6-7)10(14)2-1-5-13/h3-4,6,13H,1-2,5H2. The molecule has 0 saturated heterocycles. The van der Waals surface area contributed by atoms with Gasteiger partial charge >= 0.3 is 0 Å². The molecule has 2 nitrogen and oxygen atoms in total. The summed E-state index contributed by atoms with van der Waals surface area (Å²) >= 11 is 11.6. The second-order valence-electron chi connectivity index (χ2n) is 2.87. The van der Waals surface area contributed by atoms with Crippen LogP contribution >= 0.6 is 23.2 Å². The van der Waals surface area contributed by atoms with Gasteiger partial charge in [0.15, 0.2) is 5.78 Å². The van der Waals surface area contributed by atoms with Gasteiger partial charge in [-0.05, 0) is 24.6 Å². The van der Waals surface area contributed by atoms with Crippen LogP contribution in [-0.4, -0.2) is 17.5 Å². The third-order valence-corrected chi connectivity index (χ3v) is 2.36. The molecule has 0 aliphatic rings. The second kappa shape index (κ2) is 5.35. The van der Waals surface area contributed by atoms with Crippen molar-refractivity contribution in [1.82, 2.24) is 0 Å². The van der Waals surface area contributed by atoms with Crippen molar-refractivity contribution < 1.29 is 9.90 Å². The van der Waals surface area contributed by atoms with Crippen LogP contribution in [0.3, 0.4) is 0 Å². The zero-order valence-corrected chi connectivity index (χ0v) is 8.98. The van der Waals surface area contributed by atoms with Gasteiger partial charge < -0.3 is 5.11 Å². The third-order valence-electron chi connectivity index (χ3n) is 1.79. The van der Waals surface area contributed by atoms with Gasteiger partial charge in [0.2, 0.25) is 0 Å². The number of aliphatic hydroxyl groups is 1. The lowest BCUT2D eigenvalue weighted by Crippen LogP contribution is -2.01. The van der Waals surface area contributed by atoms with Crippen LogP contribution in [0.2, 0.25) is 10.0 Å². The molecule has 0 bridgehead atoms. The van der Waals surface area contributed by atoms with E-state index in [1.54, 1.807) is 18.2 Å². The van der Waals surface area contributed by atoms with Crippen molar-refractivity contribution in [2.24, 2.45) is 0 Å². The lowest BCUT2D eigenvalue weighted by molar-refractivity contribution is 0.0971. The van der Waals surface area contributed by atoms with E-state index < -0.39 is 0 Å². The molecule has 0 fully saturated rings.